The van der Waals surface area contributed by atoms with Crippen LogP contribution in [0.4, 0.5) is 10.8 Å². The van der Waals surface area contributed by atoms with Gasteiger partial charge in [0, 0.05) is 11.6 Å². The molecule has 2 N–H and O–H groups in total. The number of nitrogens with zero attached hydrogens (tertiary/aromatic N) is 2. The van der Waals surface area contributed by atoms with Gasteiger partial charge in [0.1, 0.15) is 5.01 Å². The van der Waals surface area contributed by atoms with Gasteiger partial charge in [-0.05, 0) is 24.1 Å². The molecule has 0 aliphatic carbocycles. The zero-order valence-corrected chi connectivity index (χ0v) is 13.3. The number of aryl methyl sites for hydroxylation is 1. The lowest BCUT2D eigenvalue weighted by molar-refractivity contribution is -0.114. The van der Waals surface area contributed by atoms with Crippen molar-refractivity contribution in [1.82, 2.24) is 10.2 Å². The Hall–Kier alpha value is -1.95. The Morgan fingerprint density at radius 3 is 2.52 bits per heavy atom. The summed E-state index contributed by atoms with van der Waals surface area (Å²) >= 11 is 1.41. The lowest BCUT2D eigenvalue weighted by Crippen LogP contribution is -2.21. The quantitative estimate of drug-likeness (QED) is 0.859. The molecular weight excluding hydrogens is 284 g/mol. The van der Waals surface area contributed by atoms with E-state index in [4.69, 9.17) is 0 Å². The first-order valence-electron chi connectivity index (χ1n) is 7.04. The minimum atomic E-state index is -0.124. The Bertz CT molecular complexity index is 592. The molecule has 0 spiro atoms. The van der Waals surface area contributed by atoms with Gasteiger partial charge in [-0.15, -0.1) is 10.2 Å². The minimum absolute atomic E-state index is 0.124. The monoisotopic (exact) mass is 304 g/mol. The van der Waals surface area contributed by atoms with Crippen LogP contribution in [0, 0.1) is 0 Å². The van der Waals surface area contributed by atoms with Gasteiger partial charge in [-0.2, -0.15) is 0 Å². The van der Waals surface area contributed by atoms with E-state index in [1.165, 1.54) is 16.9 Å². The lowest BCUT2D eigenvalue weighted by atomic mass is 10.1. The van der Waals surface area contributed by atoms with Crippen molar-refractivity contribution in [3.8, 4) is 0 Å². The van der Waals surface area contributed by atoms with Gasteiger partial charge in [0.05, 0.1) is 6.54 Å². The Morgan fingerprint density at radius 2 is 1.95 bits per heavy atom. The number of hydrogen-bond acceptors (Lipinski definition) is 5. The summed E-state index contributed by atoms with van der Waals surface area (Å²) in [4.78, 5) is 11.9. The Morgan fingerprint density at radius 1 is 1.24 bits per heavy atom. The first-order chi connectivity index (χ1) is 10.1. The smallest absolute Gasteiger partial charge is 0.245 e. The maximum Gasteiger partial charge on any atom is 0.245 e. The highest BCUT2D eigenvalue weighted by atomic mass is 32.1. The number of hydrogen-bond donors (Lipinski definition) is 2. The summed E-state index contributed by atoms with van der Waals surface area (Å²) in [6.07, 6.45) is 1.01. The predicted molar refractivity (Wildman–Crippen MR) is 86.9 cm³/mol. The van der Waals surface area contributed by atoms with E-state index in [9.17, 15) is 4.79 Å². The third-order valence-electron chi connectivity index (χ3n) is 3.00. The number of amides is 1. The van der Waals surface area contributed by atoms with Gasteiger partial charge in [0.25, 0.3) is 0 Å². The maximum absolute atomic E-state index is 11.9. The lowest BCUT2D eigenvalue weighted by Gasteiger charge is -2.06. The van der Waals surface area contributed by atoms with Crippen molar-refractivity contribution in [2.24, 2.45) is 0 Å². The van der Waals surface area contributed by atoms with E-state index >= 15 is 0 Å². The normalized spacial score (nSPS) is 10.7. The van der Waals surface area contributed by atoms with Crippen LogP contribution in [0.2, 0.25) is 0 Å². The number of benzene rings is 1. The molecule has 0 saturated carbocycles. The van der Waals surface area contributed by atoms with Gasteiger partial charge in [-0.1, -0.05) is 44.2 Å². The third kappa shape index (κ3) is 4.53. The first-order valence-corrected chi connectivity index (χ1v) is 7.86. The van der Waals surface area contributed by atoms with Crippen molar-refractivity contribution in [3.63, 3.8) is 0 Å². The highest BCUT2D eigenvalue weighted by molar-refractivity contribution is 7.15. The van der Waals surface area contributed by atoms with Gasteiger partial charge < -0.3 is 5.32 Å². The van der Waals surface area contributed by atoms with Crippen molar-refractivity contribution in [3.05, 3.63) is 34.8 Å². The van der Waals surface area contributed by atoms with Crippen LogP contribution in [-0.2, 0) is 11.2 Å². The largest absolute Gasteiger partial charge is 0.376 e. The van der Waals surface area contributed by atoms with E-state index in [1.807, 2.05) is 26.0 Å². The van der Waals surface area contributed by atoms with Crippen LogP contribution < -0.4 is 10.6 Å². The van der Waals surface area contributed by atoms with E-state index in [1.54, 1.807) is 0 Å². The fraction of sp³-hybridized carbons (Fsp3) is 0.400. The molecule has 21 heavy (non-hydrogen) atoms. The number of carbonyl (C=O) groups is 1. The number of rotatable bonds is 6. The third-order valence-corrected chi connectivity index (χ3v) is 4.14. The molecule has 1 aromatic heterocycles. The second kappa shape index (κ2) is 7.17. The molecule has 0 atom stereocenters. The van der Waals surface area contributed by atoms with Crippen LogP contribution in [0.5, 0.6) is 0 Å². The molecule has 0 fully saturated rings. The Balaban J connectivity index is 1.83. The molecule has 2 rings (SSSR count). The number of carbonyl (C=O) groups excluding carboxylic acids is 1. The molecule has 112 valence electrons. The summed E-state index contributed by atoms with van der Waals surface area (Å²) in [5.74, 6) is 0.199. The second-order valence-electron chi connectivity index (χ2n) is 5.05. The molecule has 0 bridgehead atoms. The van der Waals surface area contributed by atoms with Crippen LogP contribution in [0.15, 0.2) is 24.3 Å². The molecule has 1 aromatic carbocycles. The zero-order valence-electron chi connectivity index (χ0n) is 12.5. The van der Waals surface area contributed by atoms with Crippen LogP contribution in [-0.4, -0.2) is 22.6 Å². The van der Waals surface area contributed by atoms with Gasteiger partial charge in [-0.25, -0.2) is 0 Å². The molecule has 5 nitrogen and oxygen atoms in total. The predicted octanol–water partition coefficient (Wildman–Crippen LogP) is 3.27. The fourth-order valence-electron chi connectivity index (χ4n) is 1.72. The van der Waals surface area contributed by atoms with Gasteiger partial charge >= 0.3 is 0 Å². The molecule has 1 amide bonds. The summed E-state index contributed by atoms with van der Waals surface area (Å²) in [6, 6.07) is 8.07. The van der Waals surface area contributed by atoms with Crippen molar-refractivity contribution in [2.45, 2.75) is 33.1 Å². The highest BCUT2D eigenvalue weighted by Crippen LogP contribution is 2.22. The average molecular weight is 304 g/mol. The SMILES string of the molecule is CCc1ccc(NCC(=O)Nc2nnc(C(C)C)s2)cc1. The number of anilines is 2. The average Bonchev–Trinajstić information content (AvgIpc) is 2.94. The van der Waals surface area contributed by atoms with Gasteiger partial charge in [0.2, 0.25) is 11.0 Å². The molecule has 6 heteroatoms. The molecule has 0 unspecified atom stereocenters. The van der Waals surface area contributed by atoms with Crippen LogP contribution in [0.3, 0.4) is 0 Å². The van der Waals surface area contributed by atoms with Crippen molar-refractivity contribution in [2.75, 3.05) is 17.2 Å². The van der Waals surface area contributed by atoms with Crippen LogP contribution >= 0.6 is 11.3 Å². The van der Waals surface area contributed by atoms with Crippen molar-refractivity contribution in [1.29, 1.82) is 0 Å². The maximum atomic E-state index is 11.9. The van der Waals surface area contributed by atoms with Crippen molar-refractivity contribution < 1.29 is 4.79 Å². The molecule has 0 aliphatic rings. The van der Waals surface area contributed by atoms with Gasteiger partial charge in [-0.3, -0.25) is 10.1 Å². The molecule has 0 saturated heterocycles. The Labute approximate surface area is 128 Å². The fourth-order valence-corrected chi connectivity index (χ4v) is 2.48. The van der Waals surface area contributed by atoms with Crippen LogP contribution in [0.25, 0.3) is 0 Å². The van der Waals surface area contributed by atoms with Gasteiger partial charge in [0.15, 0.2) is 0 Å². The first kappa shape index (κ1) is 15.4. The molecule has 0 radical (unpaired) electrons. The Kier molecular flexibility index (Phi) is 5.27. The van der Waals surface area contributed by atoms with E-state index < -0.39 is 0 Å². The van der Waals surface area contributed by atoms with Crippen molar-refractivity contribution >= 4 is 28.1 Å². The van der Waals surface area contributed by atoms with E-state index in [-0.39, 0.29) is 12.5 Å². The minimum Gasteiger partial charge on any atom is -0.376 e. The van der Waals surface area contributed by atoms with E-state index in [0.29, 0.717) is 11.0 Å². The summed E-state index contributed by atoms with van der Waals surface area (Å²) in [5.41, 5.74) is 2.21. The highest BCUT2D eigenvalue weighted by Gasteiger charge is 2.10. The summed E-state index contributed by atoms with van der Waals surface area (Å²) in [5, 5.41) is 15.3. The zero-order chi connectivity index (χ0) is 15.2. The summed E-state index contributed by atoms with van der Waals surface area (Å²) in [6.45, 7) is 6.42. The topological polar surface area (TPSA) is 66.9 Å². The molecule has 1 heterocycles. The molecule has 2 aromatic rings. The van der Waals surface area contributed by atoms with Crippen LogP contribution in [0.1, 0.15) is 37.3 Å². The summed E-state index contributed by atoms with van der Waals surface area (Å²) in [7, 11) is 0. The number of aromatic nitrogens is 2. The molecule has 0 aliphatic heterocycles. The van der Waals surface area contributed by atoms with E-state index in [2.05, 4.69) is 39.9 Å². The number of nitrogens with one attached hydrogen (secondary N) is 2. The second-order valence-corrected chi connectivity index (χ2v) is 6.06. The summed E-state index contributed by atoms with van der Waals surface area (Å²) < 4.78 is 0. The molecular formula is C15H20N4OS. The standard InChI is InChI=1S/C15H20N4OS/c1-4-11-5-7-12(8-6-11)16-9-13(20)17-15-19-18-14(21-15)10(2)3/h5-8,10,16H,4,9H2,1-3H3,(H,17,19,20). The van der Waals surface area contributed by atoms with E-state index in [0.717, 1.165) is 17.1 Å².